The quantitative estimate of drug-likeness (QED) is 0.668. The molecule has 0 radical (unpaired) electrons. The molecular weight excluding hydrogens is 294 g/mol. The number of benzene rings is 1. The van der Waals surface area contributed by atoms with Crippen LogP contribution in [0.3, 0.4) is 0 Å². The Morgan fingerprint density at radius 2 is 2.23 bits per heavy atom. The molecule has 3 heteroatoms. The zero-order valence-corrected chi connectivity index (χ0v) is 14.0. The van der Waals surface area contributed by atoms with E-state index in [4.69, 9.17) is 16.3 Å². The fourth-order valence-electron chi connectivity index (χ4n) is 5.24. The molecule has 3 aliphatic rings. The summed E-state index contributed by atoms with van der Waals surface area (Å²) >= 11 is 5.76. The molecule has 1 saturated carbocycles. The van der Waals surface area contributed by atoms with Crippen molar-refractivity contribution in [3.05, 3.63) is 29.3 Å². The van der Waals surface area contributed by atoms with Crippen molar-refractivity contribution >= 4 is 11.6 Å². The average molecular weight is 320 g/mol. The minimum absolute atomic E-state index is 0.424. The van der Waals surface area contributed by atoms with E-state index in [2.05, 4.69) is 23.5 Å². The molecule has 22 heavy (non-hydrogen) atoms. The van der Waals surface area contributed by atoms with Gasteiger partial charge in [0, 0.05) is 17.3 Å². The van der Waals surface area contributed by atoms with Crippen molar-refractivity contribution in [3.63, 3.8) is 0 Å². The van der Waals surface area contributed by atoms with Gasteiger partial charge in [-0.1, -0.05) is 18.9 Å². The Kier molecular flexibility index (Phi) is 4.08. The Balaban J connectivity index is 1.69. The molecule has 1 heterocycles. The molecule has 3 atom stereocenters. The molecule has 4 rings (SSSR count). The van der Waals surface area contributed by atoms with E-state index in [9.17, 15) is 0 Å². The minimum atomic E-state index is 0.424. The molecule has 1 saturated heterocycles. The minimum Gasteiger partial charge on any atom is -0.494 e. The maximum atomic E-state index is 5.93. The van der Waals surface area contributed by atoms with E-state index < -0.39 is 0 Å². The van der Waals surface area contributed by atoms with E-state index in [-0.39, 0.29) is 0 Å². The van der Waals surface area contributed by atoms with Gasteiger partial charge in [-0.2, -0.15) is 0 Å². The van der Waals surface area contributed by atoms with Gasteiger partial charge in [0.25, 0.3) is 0 Å². The molecule has 1 aliphatic heterocycles. The Hall–Kier alpha value is -0.730. The van der Waals surface area contributed by atoms with Gasteiger partial charge in [0.15, 0.2) is 0 Å². The van der Waals surface area contributed by atoms with Gasteiger partial charge in [0.2, 0.25) is 0 Å². The lowest BCUT2D eigenvalue weighted by Crippen LogP contribution is -2.59. The average Bonchev–Trinajstić information content (AvgIpc) is 2.55. The summed E-state index contributed by atoms with van der Waals surface area (Å²) in [4.78, 5) is 0. The second-order valence-corrected chi connectivity index (χ2v) is 7.61. The summed E-state index contributed by atoms with van der Waals surface area (Å²) in [6, 6.07) is 7.54. The van der Waals surface area contributed by atoms with Crippen molar-refractivity contribution in [3.8, 4) is 5.75 Å². The van der Waals surface area contributed by atoms with Crippen molar-refractivity contribution < 1.29 is 4.74 Å². The third-order valence-corrected chi connectivity index (χ3v) is 6.43. The first-order chi connectivity index (χ1) is 10.8. The fraction of sp³-hybridized carbons (Fsp3) is 0.684. The lowest BCUT2D eigenvalue weighted by Gasteiger charge is -2.56. The Morgan fingerprint density at radius 1 is 1.27 bits per heavy atom. The van der Waals surface area contributed by atoms with Crippen LogP contribution in [0.15, 0.2) is 18.2 Å². The molecule has 0 amide bonds. The zero-order valence-electron chi connectivity index (χ0n) is 13.2. The fourth-order valence-corrected chi connectivity index (χ4v) is 5.35. The standard InChI is InChI=1S/C19H26ClNO/c20-9-3-11-22-15-6-5-14-12-18-16-4-1-2-7-19(16,8-10-21-18)17(14)13-15/h5-6,13,16,18,21H,1-4,7-12H2. The molecule has 0 aromatic heterocycles. The number of piperidine rings is 1. The summed E-state index contributed by atoms with van der Waals surface area (Å²) in [7, 11) is 0. The SMILES string of the molecule is ClCCCOc1ccc2c(c1)C13CCCCC1C(C2)NCC3. The number of halogens is 1. The van der Waals surface area contributed by atoms with E-state index in [1.54, 1.807) is 11.1 Å². The Labute approximate surface area is 138 Å². The molecule has 2 bridgehead atoms. The van der Waals surface area contributed by atoms with Gasteiger partial charge < -0.3 is 10.1 Å². The Morgan fingerprint density at radius 3 is 3.14 bits per heavy atom. The zero-order chi connectivity index (χ0) is 15.0. The number of ether oxygens (including phenoxy) is 1. The van der Waals surface area contributed by atoms with Gasteiger partial charge in [-0.25, -0.2) is 0 Å². The van der Waals surface area contributed by atoms with Crippen LogP contribution in [0, 0.1) is 5.92 Å². The molecule has 0 spiro atoms. The van der Waals surface area contributed by atoms with Gasteiger partial charge in [-0.05, 0) is 67.8 Å². The van der Waals surface area contributed by atoms with Gasteiger partial charge >= 0.3 is 0 Å². The van der Waals surface area contributed by atoms with Crippen LogP contribution in [0.5, 0.6) is 5.75 Å². The monoisotopic (exact) mass is 319 g/mol. The van der Waals surface area contributed by atoms with Crippen molar-refractivity contribution in [1.29, 1.82) is 0 Å². The lowest BCUT2D eigenvalue weighted by molar-refractivity contribution is 0.0794. The van der Waals surface area contributed by atoms with E-state index in [0.717, 1.165) is 24.7 Å². The van der Waals surface area contributed by atoms with Crippen molar-refractivity contribution in [2.75, 3.05) is 19.0 Å². The molecule has 1 aromatic carbocycles. The Bertz CT molecular complexity index is 542. The van der Waals surface area contributed by atoms with Crippen LogP contribution in [0.25, 0.3) is 0 Å². The number of nitrogens with one attached hydrogen (secondary N) is 1. The summed E-state index contributed by atoms with van der Waals surface area (Å²) in [5.41, 5.74) is 3.59. The molecule has 2 fully saturated rings. The van der Waals surface area contributed by atoms with Crippen molar-refractivity contribution in [2.45, 2.75) is 56.4 Å². The number of fused-ring (bicyclic) bond motifs is 1. The number of rotatable bonds is 4. The summed E-state index contributed by atoms with van der Waals surface area (Å²) in [6.07, 6.45) is 8.97. The van der Waals surface area contributed by atoms with Gasteiger partial charge in [-0.3, -0.25) is 0 Å². The number of hydrogen-bond acceptors (Lipinski definition) is 2. The summed E-state index contributed by atoms with van der Waals surface area (Å²) in [6.45, 7) is 1.90. The molecule has 2 aliphatic carbocycles. The predicted octanol–water partition coefficient (Wildman–Crippen LogP) is 4.04. The van der Waals surface area contributed by atoms with Crippen LogP contribution in [0.1, 0.15) is 49.7 Å². The van der Waals surface area contributed by atoms with Gasteiger partial charge in [-0.15, -0.1) is 11.6 Å². The highest BCUT2D eigenvalue weighted by molar-refractivity contribution is 6.17. The number of alkyl halides is 1. The smallest absolute Gasteiger partial charge is 0.119 e. The van der Waals surface area contributed by atoms with Crippen LogP contribution in [0.4, 0.5) is 0 Å². The molecule has 3 unspecified atom stereocenters. The largest absolute Gasteiger partial charge is 0.494 e. The van der Waals surface area contributed by atoms with E-state index in [1.165, 1.54) is 45.1 Å². The third kappa shape index (κ3) is 2.35. The topological polar surface area (TPSA) is 21.3 Å². The highest BCUT2D eigenvalue weighted by atomic mass is 35.5. The van der Waals surface area contributed by atoms with Crippen LogP contribution < -0.4 is 10.1 Å². The lowest BCUT2D eigenvalue weighted by atomic mass is 9.53. The summed E-state index contributed by atoms with van der Waals surface area (Å²) < 4.78 is 5.93. The first-order valence-electron chi connectivity index (χ1n) is 8.89. The summed E-state index contributed by atoms with van der Waals surface area (Å²) in [5.74, 6) is 2.55. The maximum Gasteiger partial charge on any atom is 0.119 e. The van der Waals surface area contributed by atoms with Gasteiger partial charge in [0.1, 0.15) is 5.75 Å². The molecule has 1 N–H and O–H groups in total. The van der Waals surface area contributed by atoms with Crippen molar-refractivity contribution in [2.24, 2.45) is 5.92 Å². The second-order valence-electron chi connectivity index (χ2n) is 7.23. The molecular formula is C19H26ClNO. The van der Waals surface area contributed by atoms with E-state index >= 15 is 0 Å². The number of hydrogen-bond donors (Lipinski definition) is 1. The summed E-state index contributed by atoms with van der Waals surface area (Å²) in [5, 5.41) is 3.80. The van der Waals surface area contributed by atoms with Crippen molar-refractivity contribution in [1.82, 2.24) is 5.32 Å². The maximum absolute atomic E-state index is 5.93. The normalized spacial score (nSPS) is 33.0. The highest BCUT2D eigenvalue weighted by Gasteiger charge is 2.51. The van der Waals surface area contributed by atoms with E-state index in [0.29, 0.717) is 17.3 Å². The highest BCUT2D eigenvalue weighted by Crippen LogP contribution is 2.54. The van der Waals surface area contributed by atoms with Crippen LogP contribution in [-0.4, -0.2) is 25.1 Å². The van der Waals surface area contributed by atoms with Crippen LogP contribution in [0.2, 0.25) is 0 Å². The third-order valence-electron chi connectivity index (χ3n) is 6.17. The first-order valence-corrected chi connectivity index (χ1v) is 9.42. The van der Waals surface area contributed by atoms with Crippen LogP contribution >= 0.6 is 11.6 Å². The second kappa shape index (κ2) is 6.05. The first kappa shape index (κ1) is 14.8. The molecule has 120 valence electrons. The van der Waals surface area contributed by atoms with Crippen LogP contribution in [-0.2, 0) is 11.8 Å². The molecule has 1 aromatic rings. The predicted molar refractivity (Wildman–Crippen MR) is 91.0 cm³/mol. The molecule has 2 nitrogen and oxygen atoms in total. The van der Waals surface area contributed by atoms with Gasteiger partial charge in [0.05, 0.1) is 6.61 Å². The van der Waals surface area contributed by atoms with E-state index in [1.807, 2.05) is 0 Å².